The van der Waals surface area contributed by atoms with E-state index in [1.807, 2.05) is 0 Å². The van der Waals surface area contributed by atoms with E-state index in [1.165, 1.54) is 6.20 Å². The second-order valence-electron chi connectivity index (χ2n) is 7.04. The first-order valence-corrected chi connectivity index (χ1v) is 7.35. The third-order valence-corrected chi connectivity index (χ3v) is 3.62. The summed E-state index contributed by atoms with van der Waals surface area (Å²) in [5.74, 6) is -3.12. The molecule has 0 saturated carbocycles. The molecule has 2 unspecified atom stereocenters. The van der Waals surface area contributed by atoms with E-state index >= 15 is 0 Å². The minimum absolute atomic E-state index is 0.0150. The number of hydrogen-bond acceptors (Lipinski definition) is 3. The van der Waals surface area contributed by atoms with E-state index in [9.17, 15) is 22.0 Å². The summed E-state index contributed by atoms with van der Waals surface area (Å²) in [7, 11) is 0. The van der Waals surface area contributed by atoms with Crippen LogP contribution in [0.5, 0.6) is 0 Å². The Kier molecular flexibility index (Phi) is 4.79. The molecule has 0 aromatic rings. The Morgan fingerprint density at radius 1 is 1.30 bits per heavy atom. The molecule has 3 nitrogen and oxygen atoms in total. The highest BCUT2D eigenvalue weighted by atomic mass is 19.4. The molecular weight excluding hydrogens is 319 g/mol. The van der Waals surface area contributed by atoms with Crippen LogP contribution in [0.3, 0.4) is 0 Å². The number of halogens is 5. The van der Waals surface area contributed by atoms with E-state index in [4.69, 9.17) is 4.74 Å². The smallest absolute Gasteiger partial charge is 0.353 e. The highest BCUT2D eigenvalue weighted by Crippen LogP contribution is 2.38. The topological polar surface area (TPSA) is 24.5 Å². The summed E-state index contributed by atoms with van der Waals surface area (Å²) in [5, 5.41) is 2.52. The summed E-state index contributed by atoms with van der Waals surface area (Å²) in [5.41, 5.74) is -1.35. The fourth-order valence-corrected chi connectivity index (χ4v) is 2.54. The summed E-state index contributed by atoms with van der Waals surface area (Å²) >= 11 is 0. The van der Waals surface area contributed by atoms with Gasteiger partial charge in [0.1, 0.15) is 6.04 Å². The lowest BCUT2D eigenvalue weighted by atomic mass is 9.98. The number of alkyl halides is 5. The molecule has 1 fully saturated rings. The van der Waals surface area contributed by atoms with Crippen molar-refractivity contribution >= 4 is 0 Å². The zero-order valence-corrected chi connectivity index (χ0v) is 13.3. The SMILES string of the molecule is CC(C)(C)COC1C(C(F)(F)F)=CC=CN1C1CNCC1(F)F. The number of ether oxygens (including phenoxy) is 1. The van der Waals surface area contributed by atoms with Gasteiger partial charge in [0.15, 0.2) is 6.23 Å². The highest BCUT2D eigenvalue weighted by Gasteiger charge is 2.52. The van der Waals surface area contributed by atoms with Crippen LogP contribution in [0.15, 0.2) is 23.9 Å². The average Bonchev–Trinajstić information content (AvgIpc) is 2.73. The van der Waals surface area contributed by atoms with Crippen LogP contribution >= 0.6 is 0 Å². The average molecular weight is 340 g/mol. The molecule has 2 heterocycles. The number of rotatable bonds is 3. The van der Waals surface area contributed by atoms with E-state index < -0.39 is 36.5 Å². The molecule has 0 radical (unpaired) electrons. The molecule has 132 valence electrons. The van der Waals surface area contributed by atoms with Gasteiger partial charge >= 0.3 is 6.18 Å². The zero-order valence-electron chi connectivity index (χ0n) is 13.3. The first kappa shape index (κ1) is 18.2. The lowest BCUT2D eigenvalue weighted by Crippen LogP contribution is -2.53. The minimum atomic E-state index is -4.65. The van der Waals surface area contributed by atoms with Crippen LogP contribution in [0.25, 0.3) is 0 Å². The second kappa shape index (κ2) is 6.05. The molecule has 0 aromatic carbocycles. The van der Waals surface area contributed by atoms with Crippen LogP contribution in [0, 0.1) is 5.41 Å². The van der Waals surface area contributed by atoms with Gasteiger partial charge in [0.05, 0.1) is 18.7 Å². The van der Waals surface area contributed by atoms with Crippen molar-refractivity contribution in [2.45, 2.75) is 45.1 Å². The fourth-order valence-electron chi connectivity index (χ4n) is 2.54. The summed E-state index contributed by atoms with van der Waals surface area (Å²) in [4.78, 5) is 0.981. The van der Waals surface area contributed by atoms with Crippen molar-refractivity contribution in [2.75, 3.05) is 19.7 Å². The van der Waals surface area contributed by atoms with Crippen LogP contribution in [-0.2, 0) is 4.74 Å². The maximum Gasteiger partial charge on any atom is 0.416 e. The molecule has 2 atom stereocenters. The quantitative estimate of drug-likeness (QED) is 0.798. The van der Waals surface area contributed by atoms with Crippen molar-refractivity contribution in [2.24, 2.45) is 5.41 Å². The van der Waals surface area contributed by atoms with Gasteiger partial charge in [-0.15, -0.1) is 0 Å². The predicted octanol–water partition coefficient (Wildman–Crippen LogP) is 3.30. The van der Waals surface area contributed by atoms with Gasteiger partial charge in [0.25, 0.3) is 5.92 Å². The van der Waals surface area contributed by atoms with E-state index in [-0.39, 0.29) is 18.6 Å². The molecular formula is C15H21F5N2O. The molecule has 2 aliphatic heterocycles. The van der Waals surface area contributed by atoms with Crippen LogP contribution in [0.4, 0.5) is 22.0 Å². The minimum Gasteiger partial charge on any atom is -0.353 e. The predicted molar refractivity (Wildman–Crippen MR) is 75.9 cm³/mol. The molecule has 2 rings (SSSR count). The third-order valence-electron chi connectivity index (χ3n) is 3.62. The maximum atomic E-state index is 14.0. The van der Waals surface area contributed by atoms with Gasteiger partial charge in [-0.3, -0.25) is 0 Å². The van der Waals surface area contributed by atoms with Crippen molar-refractivity contribution in [3.05, 3.63) is 23.9 Å². The first-order valence-electron chi connectivity index (χ1n) is 7.35. The number of nitrogens with one attached hydrogen (secondary N) is 1. The van der Waals surface area contributed by atoms with Gasteiger partial charge in [-0.05, 0) is 17.6 Å². The Balaban J connectivity index is 2.29. The standard InChI is InChI=1S/C15H21F5N2O/c1-13(2,3)9-23-12-10(15(18,19)20)5-4-6-22(12)11-7-21-8-14(11,16)17/h4-6,11-12,21H,7-9H2,1-3H3. The Morgan fingerprint density at radius 3 is 2.43 bits per heavy atom. The highest BCUT2D eigenvalue weighted by molar-refractivity contribution is 5.27. The summed E-state index contributed by atoms with van der Waals surface area (Å²) in [6, 6.07) is -1.38. The number of allylic oxidation sites excluding steroid dienone is 2. The van der Waals surface area contributed by atoms with Crippen LogP contribution < -0.4 is 5.32 Å². The van der Waals surface area contributed by atoms with Crippen LogP contribution in [0.1, 0.15) is 20.8 Å². The molecule has 0 amide bonds. The molecule has 2 aliphatic rings. The van der Waals surface area contributed by atoms with Gasteiger partial charge in [-0.1, -0.05) is 20.8 Å². The lowest BCUT2D eigenvalue weighted by molar-refractivity contribution is -0.153. The van der Waals surface area contributed by atoms with Gasteiger partial charge in [0.2, 0.25) is 0 Å². The molecule has 8 heteroatoms. The fraction of sp³-hybridized carbons (Fsp3) is 0.733. The number of nitrogens with zero attached hydrogens (tertiary/aromatic N) is 1. The van der Waals surface area contributed by atoms with Crippen molar-refractivity contribution in [1.82, 2.24) is 10.2 Å². The van der Waals surface area contributed by atoms with E-state index in [0.29, 0.717) is 0 Å². The van der Waals surface area contributed by atoms with Crippen molar-refractivity contribution in [3.8, 4) is 0 Å². The molecule has 23 heavy (non-hydrogen) atoms. The van der Waals surface area contributed by atoms with Gasteiger partial charge < -0.3 is 15.0 Å². The van der Waals surface area contributed by atoms with Crippen LogP contribution in [-0.4, -0.2) is 49.0 Å². The molecule has 0 bridgehead atoms. The maximum absolute atomic E-state index is 14.0. The molecule has 1 N–H and O–H groups in total. The monoisotopic (exact) mass is 340 g/mol. The molecule has 0 aromatic heterocycles. The van der Waals surface area contributed by atoms with Crippen molar-refractivity contribution < 1.29 is 26.7 Å². The largest absolute Gasteiger partial charge is 0.416 e. The zero-order chi connectivity index (χ0) is 17.5. The Morgan fingerprint density at radius 2 is 1.96 bits per heavy atom. The summed E-state index contributed by atoms with van der Waals surface area (Å²) in [6.45, 7) is 4.77. The molecule has 0 aliphatic carbocycles. The first-order chi connectivity index (χ1) is 10.4. The van der Waals surface area contributed by atoms with E-state index in [1.54, 1.807) is 20.8 Å². The van der Waals surface area contributed by atoms with Crippen LogP contribution in [0.2, 0.25) is 0 Å². The summed E-state index contributed by atoms with van der Waals surface area (Å²) in [6.07, 6.45) is -2.96. The Hall–Kier alpha value is -1.15. The molecule has 0 spiro atoms. The Bertz CT molecular complexity index is 493. The third kappa shape index (κ3) is 4.23. The number of hydrogen-bond donors (Lipinski definition) is 1. The van der Waals surface area contributed by atoms with Crippen molar-refractivity contribution in [3.63, 3.8) is 0 Å². The second-order valence-corrected chi connectivity index (χ2v) is 7.04. The van der Waals surface area contributed by atoms with Gasteiger partial charge in [0, 0.05) is 12.7 Å². The van der Waals surface area contributed by atoms with Gasteiger partial charge in [-0.2, -0.15) is 13.2 Å². The Labute approximate surface area is 132 Å². The lowest BCUT2D eigenvalue weighted by Gasteiger charge is -2.41. The normalized spacial score (nSPS) is 28.2. The summed E-state index contributed by atoms with van der Waals surface area (Å²) < 4.78 is 73.1. The van der Waals surface area contributed by atoms with Crippen molar-refractivity contribution in [1.29, 1.82) is 0 Å². The van der Waals surface area contributed by atoms with Gasteiger partial charge in [-0.25, -0.2) is 8.78 Å². The van der Waals surface area contributed by atoms with E-state index in [2.05, 4.69) is 5.32 Å². The van der Waals surface area contributed by atoms with E-state index in [0.717, 1.165) is 17.1 Å². The molecule has 1 saturated heterocycles.